The fraction of sp³-hybridized carbons (Fsp3) is 0.448. The average molecular weight is 494 g/mol. The van der Waals surface area contributed by atoms with Crippen LogP contribution in [-0.2, 0) is 11.3 Å². The Labute approximate surface area is 214 Å². The number of ether oxygens (including phenoxy) is 1. The van der Waals surface area contributed by atoms with Crippen LogP contribution < -0.4 is 4.74 Å². The maximum Gasteiger partial charge on any atom is 0.152 e. The second kappa shape index (κ2) is 12.4. The fourth-order valence-corrected chi connectivity index (χ4v) is 4.84. The molecule has 186 valence electrons. The number of Topliss-reactive ketones (excluding diaryl/α,β-unsaturated/α-hetero) is 1. The van der Waals surface area contributed by atoms with Crippen molar-refractivity contribution in [2.45, 2.75) is 52.5 Å². The summed E-state index contributed by atoms with van der Waals surface area (Å²) in [5.74, 6) is 2.10. The van der Waals surface area contributed by atoms with E-state index in [4.69, 9.17) is 21.3 Å². The Morgan fingerprint density at radius 3 is 2.60 bits per heavy atom. The normalized spacial score (nSPS) is 14.4. The van der Waals surface area contributed by atoms with Crippen LogP contribution in [0.2, 0.25) is 5.02 Å². The van der Waals surface area contributed by atoms with Crippen molar-refractivity contribution in [3.63, 3.8) is 0 Å². The van der Waals surface area contributed by atoms with Gasteiger partial charge in [0.25, 0.3) is 0 Å². The lowest BCUT2D eigenvalue weighted by Crippen LogP contribution is -2.31. The van der Waals surface area contributed by atoms with E-state index in [9.17, 15) is 4.79 Å². The average Bonchev–Trinajstić information content (AvgIpc) is 3.26. The van der Waals surface area contributed by atoms with Crippen molar-refractivity contribution < 1.29 is 9.53 Å². The first kappa shape index (κ1) is 25.5. The van der Waals surface area contributed by atoms with Gasteiger partial charge in [-0.05, 0) is 62.5 Å². The molecule has 35 heavy (non-hydrogen) atoms. The summed E-state index contributed by atoms with van der Waals surface area (Å²) in [7, 11) is 0. The van der Waals surface area contributed by atoms with Crippen LogP contribution in [0, 0.1) is 5.92 Å². The number of carbonyl (C=O) groups is 1. The summed E-state index contributed by atoms with van der Waals surface area (Å²) in [5, 5.41) is 0.645. The lowest BCUT2D eigenvalue weighted by atomic mass is 10.1. The first-order chi connectivity index (χ1) is 17.0. The molecule has 1 fully saturated rings. The predicted octanol–water partition coefficient (Wildman–Crippen LogP) is 6.74. The van der Waals surface area contributed by atoms with Gasteiger partial charge in [-0.3, -0.25) is 4.79 Å². The van der Waals surface area contributed by atoms with Gasteiger partial charge in [0.05, 0.1) is 18.8 Å². The van der Waals surface area contributed by atoms with E-state index < -0.39 is 0 Å². The molecule has 1 aliphatic heterocycles. The summed E-state index contributed by atoms with van der Waals surface area (Å²) in [6, 6.07) is 15.7. The Morgan fingerprint density at radius 1 is 1.06 bits per heavy atom. The number of likely N-dealkylation sites (tertiary alicyclic amines) is 1. The molecule has 0 amide bonds. The van der Waals surface area contributed by atoms with Crippen LogP contribution in [0.15, 0.2) is 54.7 Å². The molecule has 0 radical (unpaired) electrons. The van der Waals surface area contributed by atoms with E-state index >= 15 is 0 Å². The molecule has 0 atom stereocenters. The highest BCUT2D eigenvalue weighted by atomic mass is 35.5. The molecular weight excluding hydrogens is 458 g/mol. The first-order valence-electron chi connectivity index (χ1n) is 12.8. The fourth-order valence-electron chi connectivity index (χ4n) is 4.65. The quantitative estimate of drug-likeness (QED) is 0.277. The molecule has 0 aliphatic carbocycles. The first-order valence-corrected chi connectivity index (χ1v) is 13.2. The van der Waals surface area contributed by atoms with Gasteiger partial charge in [0.1, 0.15) is 11.6 Å². The zero-order valence-corrected chi connectivity index (χ0v) is 21.6. The molecule has 3 aromatic rings. The smallest absolute Gasteiger partial charge is 0.152 e. The highest BCUT2D eigenvalue weighted by Gasteiger charge is 2.16. The van der Waals surface area contributed by atoms with E-state index in [1.807, 2.05) is 59.3 Å². The van der Waals surface area contributed by atoms with E-state index in [0.29, 0.717) is 30.5 Å². The minimum Gasteiger partial charge on any atom is -0.494 e. The van der Waals surface area contributed by atoms with Crippen molar-refractivity contribution in [3.8, 4) is 28.4 Å². The number of imidazole rings is 1. The zero-order chi connectivity index (χ0) is 24.6. The van der Waals surface area contributed by atoms with E-state index in [0.717, 1.165) is 41.4 Å². The largest absolute Gasteiger partial charge is 0.494 e. The maximum absolute atomic E-state index is 12.6. The molecule has 0 bridgehead atoms. The number of halogens is 1. The Morgan fingerprint density at radius 2 is 1.83 bits per heavy atom. The minimum atomic E-state index is 0.193. The topological polar surface area (TPSA) is 47.4 Å². The molecule has 4 rings (SSSR count). The second-order valence-corrected chi connectivity index (χ2v) is 10.3. The number of piperidine rings is 1. The monoisotopic (exact) mass is 493 g/mol. The van der Waals surface area contributed by atoms with Gasteiger partial charge in [-0.2, -0.15) is 0 Å². The van der Waals surface area contributed by atoms with Gasteiger partial charge in [0.2, 0.25) is 0 Å². The maximum atomic E-state index is 12.6. The van der Waals surface area contributed by atoms with Gasteiger partial charge in [0.15, 0.2) is 5.78 Å². The van der Waals surface area contributed by atoms with Crippen LogP contribution in [0.25, 0.3) is 22.6 Å². The number of carbonyl (C=O) groups excluding carboxylic acids is 1. The number of hydrogen-bond acceptors (Lipinski definition) is 4. The number of hydrogen-bond donors (Lipinski definition) is 0. The third-order valence-corrected chi connectivity index (χ3v) is 6.54. The van der Waals surface area contributed by atoms with E-state index in [2.05, 4.69) is 18.7 Å². The van der Waals surface area contributed by atoms with Crippen LogP contribution in [0.5, 0.6) is 5.75 Å². The van der Waals surface area contributed by atoms with Crippen molar-refractivity contribution in [1.29, 1.82) is 0 Å². The summed E-state index contributed by atoms with van der Waals surface area (Å²) < 4.78 is 8.01. The number of aromatic nitrogens is 2. The van der Waals surface area contributed by atoms with Crippen LogP contribution in [0.4, 0.5) is 0 Å². The number of ketones is 1. The highest BCUT2D eigenvalue weighted by molar-refractivity contribution is 6.30. The van der Waals surface area contributed by atoms with Gasteiger partial charge in [-0.25, -0.2) is 4.98 Å². The molecule has 0 unspecified atom stereocenters. The SMILES string of the molecule is CC(C)CC(=O)Cn1cc(-c2cccc(OCCCN3CCCCC3)c2)nc1-c1cccc(Cl)c1. The van der Waals surface area contributed by atoms with Crippen molar-refractivity contribution in [3.05, 3.63) is 59.8 Å². The molecule has 5 nitrogen and oxygen atoms in total. The number of nitrogens with zero attached hydrogens (tertiary/aromatic N) is 3. The minimum absolute atomic E-state index is 0.193. The summed E-state index contributed by atoms with van der Waals surface area (Å²) in [5.41, 5.74) is 2.68. The van der Waals surface area contributed by atoms with Crippen molar-refractivity contribution in [2.75, 3.05) is 26.2 Å². The molecule has 2 aromatic carbocycles. The van der Waals surface area contributed by atoms with Crippen molar-refractivity contribution >= 4 is 17.4 Å². The van der Waals surface area contributed by atoms with Crippen LogP contribution >= 0.6 is 11.6 Å². The standard InChI is InChI=1S/C29H36ClN3O2/c1-22(2)17-26(34)20-33-21-28(31-29(33)24-10-6-11-25(30)18-24)23-9-7-12-27(19-23)35-16-8-15-32-13-4-3-5-14-32/h6-7,9-12,18-19,21-22H,3-5,8,13-17,20H2,1-2H3. The molecule has 6 heteroatoms. The summed E-state index contributed by atoms with van der Waals surface area (Å²) in [4.78, 5) is 20.1. The Balaban J connectivity index is 1.49. The second-order valence-electron chi connectivity index (χ2n) is 9.86. The van der Waals surface area contributed by atoms with Gasteiger partial charge in [0, 0.05) is 35.3 Å². The molecule has 1 aromatic heterocycles. The third kappa shape index (κ3) is 7.42. The van der Waals surface area contributed by atoms with Gasteiger partial charge < -0.3 is 14.2 Å². The summed E-state index contributed by atoms with van der Waals surface area (Å²) in [6.07, 6.45) is 7.52. The molecule has 1 saturated heterocycles. The van der Waals surface area contributed by atoms with Gasteiger partial charge >= 0.3 is 0 Å². The summed E-state index contributed by atoms with van der Waals surface area (Å²) >= 11 is 6.25. The lowest BCUT2D eigenvalue weighted by molar-refractivity contribution is -0.120. The highest BCUT2D eigenvalue weighted by Crippen LogP contribution is 2.29. The van der Waals surface area contributed by atoms with Crippen LogP contribution in [-0.4, -0.2) is 46.5 Å². The predicted molar refractivity (Wildman–Crippen MR) is 143 cm³/mol. The Hall–Kier alpha value is -2.63. The number of rotatable bonds is 11. The molecule has 0 N–H and O–H groups in total. The van der Waals surface area contributed by atoms with E-state index in [1.54, 1.807) is 0 Å². The lowest BCUT2D eigenvalue weighted by Gasteiger charge is -2.26. The Kier molecular flexibility index (Phi) is 9.00. The molecule has 1 aliphatic rings. The van der Waals surface area contributed by atoms with Crippen LogP contribution in [0.1, 0.15) is 46.0 Å². The molecule has 0 saturated carbocycles. The summed E-state index contributed by atoms with van der Waals surface area (Å²) in [6.45, 7) is 8.64. The molecule has 2 heterocycles. The van der Waals surface area contributed by atoms with E-state index in [1.165, 1.54) is 32.4 Å². The van der Waals surface area contributed by atoms with Crippen molar-refractivity contribution in [2.24, 2.45) is 5.92 Å². The molecule has 0 spiro atoms. The van der Waals surface area contributed by atoms with Crippen LogP contribution in [0.3, 0.4) is 0 Å². The van der Waals surface area contributed by atoms with Gasteiger partial charge in [-0.1, -0.05) is 56.1 Å². The van der Waals surface area contributed by atoms with Gasteiger partial charge in [-0.15, -0.1) is 0 Å². The number of benzene rings is 2. The molecular formula is C29H36ClN3O2. The zero-order valence-electron chi connectivity index (χ0n) is 20.9. The van der Waals surface area contributed by atoms with E-state index in [-0.39, 0.29) is 5.78 Å². The third-order valence-electron chi connectivity index (χ3n) is 6.31. The Bertz CT molecular complexity index is 1120. The van der Waals surface area contributed by atoms with Crippen molar-refractivity contribution in [1.82, 2.24) is 14.5 Å².